The minimum Gasteiger partial charge on any atom is -0.428 e. The Kier molecular flexibility index (Phi) is 7.88. The number of benzene rings is 2. The second-order valence-electron chi connectivity index (χ2n) is 7.72. The Morgan fingerprint density at radius 3 is 2.32 bits per heavy atom. The maximum absolute atomic E-state index is 11.9. The minimum atomic E-state index is -5.84. The number of thioether (sulfide) groups is 1. The van der Waals surface area contributed by atoms with Crippen molar-refractivity contribution in [3.05, 3.63) is 42.0 Å². The molecule has 0 radical (unpaired) electrons. The van der Waals surface area contributed by atoms with Gasteiger partial charge in [0.1, 0.15) is 11.4 Å². The second kappa shape index (κ2) is 9.66. The van der Waals surface area contributed by atoms with E-state index < -0.39 is 27.4 Å². The van der Waals surface area contributed by atoms with Gasteiger partial charge in [0.25, 0.3) is 0 Å². The first-order chi connectivity index (χ1) is 14.2. The first-order valence-electron chi connectivity index (χ1n) is 9.26. The number of alkyl halides is 3. The molecule has 0 saturated carbocycles. The molecule has 0 bridgehead atoms. The lowest BCUT2D eigenvalue weighted by atomic mass is 10.00. The molecule has 1 saturated heterocycles. The lowest BCUT2D eigenvalue weighted by molar-refractivity contribution is -0.0510. The number of halogens is 3. The summed E-state index contributed by atoms with van der Waals surface area (Å²) in [5, 5.41) is 2.87. The number of ether oxygens (including phenoxy) is 2. The Hall–Kier alpha value is -1.98. The molecule has 0 amide bonds. The van der Waals surface area contributed by atoms with Crippen molar-refractivity contribution < 1.29 is 40.4 Å². The van der Waals surface area contributed by atoms with Crippen LogP contribution in [0.25, 0.3) is 10.8 Å². The summed E-state index contributed by atoms with van der Waals surface area (Å²) in [6.45, 7) is 5.47. The van der Waals surface area contributed by atoms with Crippen LogP contribution in [-0.4, -0.2) is 36.0 Å². The lowest BCUT2D eigenvalue weighted by Gasteiger charge is -2.19. The molecule has 1 N–H and O–H groups in total. The molecule has 1 aliphatic heterocycles. The van der Waals surface area contributed by atoms with Crippen molar-refractivity contribution in [2.24, 2.45) is 0 Å². The van der Waals surface area contributed by atoms with Gasteiger partial charge in [-0.05, 0) is 67.8 Å². The zero-order chi connectivity index (χ0) is 23.4. The van der Waals surface area contributed by atoms with Gasteiger partial charge in [-0.15, -0.1) is 0 Å². The van der Waals surface area contributed by atoms with E-state index in [1.54, 1.807) is 0 Å². The van der Waals surface area contributed by atoms with Crippen LogP contribution in [0, 0.1) is 0 Å². The fourth-order valence-electron chi connectivity index (χ4n) is 2.81. The van der Waals surface area contributed by atoms with E-state index in [0.29, 0.717) is 11.0 Å². The zero-order valence-electron chi connectivity index (χ0n) is 17.1. The van der Waals surface area contributed by atoms with Crippen molar-refractivity contribution in [1.82, 2.24) is 0 Å². The van der Waals surface area contributed by atoms with Crippen LogP contribution >= 0.6 is 11.8 Å². The predicted molar refractivity (Wildman–Crippen MR) is 113 cm³/mol. The Morgan fingerprint density at radius 2 is 1.81 bits per heavy atom. The van der Waals surface area contributed by atoms with Gasteiger partial charge in [-0.1, -0.05) is 24.3 Å². The van der Waals surface area contributed by atoms with Gasteiger partial charge >= 0.3 is 21.8 Å². The molecule has 0 aliphatic carbocycles. The molecule has 11 heteroatoms. The van der Waals surface area contributed by atoms with Crippen LogP contribution < -0.4 is 4.74 Å². The summed E-state index contributed by atoms with van der Waals surface area (Å²) in [5.74, 6) is 1.75. The summed E-state index contributed by atoms with van der Waals surface area (Å²) in [4.78, 5) is 11.9. The minimum absolute atomic E-state index is 0.530. The molecule has 1 heterocycles. The van der Waals surface area contributed by atoms with Crippen LogP contribution in [-0.2, 0) is 14.9 Å². The number of carbonyl (C=O) groups excluding carboxylic acids is 1. The van der Waals surface area contributed by atoms with E-state index in [4.69, 9.17) is 22.4 Å². The normalized spacial score (nSPS) is 17.1. The van der Waals surface area contributed by atoms with E-state index in [9.17, 15) is 18.0 Å². The van der Waals surface area contributed by atoms with Gasteiger partial charge in [0, 0.05) is 5.25 Å². The fourth-order valence-corrected chi connectivity index (χ4v) is 4.15. The molecule has 31 heavy (non-hydrogen) atoms. The van der Waals surface area contributed by atoms with Crippen molar-refractivity contribution >= 4 is 38.8 Å². The molecule has 1 aliphatic rings. The Balaban J connectivity index is 0.000000366. The molecule has 1 unspecified atom stereocenters. The van der Waals surface area contributed by atoms with E-state index in [1.807, 2.05) is 50.7 Å². The van der Waals surface area contributed by atoms with Crippen molar-refractivity contribution in [3.63, 3.8) is 0 Å². The summed E-state index contributed by atoms with van der Waals surface area (Å²) >= 11 is 2.01. The summed E-state index contributed by atoms with van der Waals surface area (Å²) in [7, 11) is -5.84. The van der Waals surface area contributed by atoms with Gasteiger partial charge in [-0.2, -0.15) is 33.4 Å². The third kappa shape index (κ3) is 7.58. The number of fused-ring (bicyclic) bond motifs is 1. The topological polar surface area (TPSA) is 89.9 Å². The highest BCUT2D eigenvalue weighted by atomic mass is 32.2. The molecular weight excluding hydrogens is 457 g/mol. The third-order valence-electron chi connectivity index (χ3n) is 4.05. The third-order valence-corrected chi connectivity index (χ3v) is 6.05. The van der Waals surface area contributed by atoms with Crippen LogP contribution in [0.4, 0.5) is 18.0 Å². The van der Waals surface area contributed by atoms with Gasteiger partial charge in [0.2, 0.25) is 0 Å². The van der Waals surface area contributed by atoms with E-state index in [0.717, 1.165) is 5.39 Å². The summed E-state index contributed by atoms with van der Waals surface area (Å²) in [5.41, 5.74) is -4.76. The lowest BCUT2D eigenvalue weighted by Crippen LogP contribution is -2.25. The largest absolute Gasteiger partial charge is 0.522 e. The van der Waals surface area contributed by atoms with Crippen molar-refractivity contribution in [2.45, 2.75) is 50.0 Å². The quantitative estimate of drug-likeness (QED) is 0.240. The first-order valence-corrected chi connectivity index (χ1v) is 11.7. The van der Waals surface area contributed by atoms with Crippen molar-refractivity contribution in [3.8, 4) is 5.75 Å². The number of carbonyl (C=O) groups is 1. The van der Waals surface area contributed by atoms with Gasteiger partial charge in [0.15, 0.2) is 0 Å². The fraction of sp³-hybridized carbons (Fsp3) is 0.450. The molecule has 3 rings (SSSR count). The van der Waals surface area contributed by atoms with Crippen molar-refractivity contribution in [1.29, 1.82) is 0 Å². The van der Waals surface area contributed by atoms with Crippen LogP contribution in [0.15, 0.2) is 36.4 Å². The molecule has 172 valence electrons. The van der Waals surface area contributed by atoms with E-state index in [2.05, 4.69) is 18.2 Å². The SMILES string of the molecule is CC(C)(C)OC(=O)Oc1ccc2cccc(C3CCCS3)c2c1.O=S(=O)(O)C(F)(F)F. The molecule has 2 aromatic carbocycles. The smallest absolute Gasteiger partial charge is 0.428 e. The summed E-state index contributed by atoms with van der Waals surface area (Å²) in [6.07, 6.45) is 1.81. The Labute approximate surface area is 182 Å². The Morgan fingerprint density at radius 1 is 1.16 bits per heavy atom. The average Bonchev–Trinajstić information content (AvgIpc) is 3.12. The predicted octanol–water partition coefficient (Wildman–Crippen LogP) is 6.12. The van der Waals surface area contributed by atoms with Crippen LogP contribution in [0.2, 0.25) is 0 Å². The maximum atomic E-state index is 11.9. The molecule has 1 atom stereocenters. The van der Waals surface area contributed by atoms with Crippen LogP contribution in [0.5, 0.6) is 5.75 Å². The molecular formula is C20H23F3O6S2. The molecule has 1 fully saturated rings. The summed E-state index contributed by atoms with van der Waals surface area (Å²) < 4.78 is 68.1. The van der Waals surface area contributed by atoms with Gasteiger partial charge in [-0.25, -0.2) is 4.79 Å². The van der Waals surface area contributed by atoms with Crippen LogP contribution in [0.3, 0.4) is 0 Å². The van der Waals surface area contributed by atoms with E-state index in [-0.39, 0.29) is 0 Å². The summed E-state index contributed by atoms with van der Waals surface area (Å²) in [6, 6.07) is 12.1. The molecule has 2 aromatic rings. The molecule has 6 nitrogen and oxygen atoms in total. The van der Waals surface area contributed by atoms with E-state index >= 15 is 0 Å². The maximum Gasteiger partial charge on any atom is 0.522 e. The molecule has 0 aromatic heterocycles. The van der Waals surface area contributed by atoms with Gasteiger partial charge < -0.3 is 9.47 Å². The number of hydrogen-bond donors (Lipinski definition) is 1. The molecule has 0 spiro atoms. The highest BCUT2D eigenvalue weighted by molar-refractivity contribution is 7.99. The highest BCUT2D eigenvalue weighted by Gasteiger charge is 2.44. The monoisotopic (exact) mass is 480 g/mol. The van der Waals surface area contributed by atoms with Crippen LogP contribution in [0.1, 0.15) is 44.4 Å². The number of hydrogen-bond acceptors (Lipinski definition) is 6. The Bertz CT molecular complexity index is 1020. The first kappa shape index (κ1) is 25.3. The van der Waals surface area contributed by atoms with E-state index in [1.165, 1.54) is 29.5 Å². The van der Waals surface area contributed by atoms with Crippen molar-refractivity contribution in [2.75, 3.05) is 5.75 Å². The average molecular weight is 481 g/mol. The zero-order valence-corrected chi connectivity index (χ0v) is 18.7. The second-order valence-corrected chi connectivity index (χ2v) is 10.4. The van der Waals surface area contributed by atoms with Gasteiger partial charge in [0.05, 0.1) is 0 Å². The standard InChI is InChI=1S/C19H22O3S.CHF3O3S/c1-19(2,3)22-18(20)21-14-10-9-13-6-4-7-15(16(13)12-14)17-8-5-11-23-17;2-1(3,4)8(5,6)7/h4,6-7,9-10,12,17H,5,8,11H2,1-3H3;(H,5,6,7). The van der Waals surface area contributed by atoms with Gasteiger partial charge in [-0.3, -0.25) is 4.55 Å². The highest BCUT2D eigenvalue weighted by Crippen LogP contribution is 2.43. The number of rotatable bonds is 2.